The zero-order valence-electron chi connectivity index (χ0n) is 19.6. The summed E-state index contributed by atoms with van der Waals surface area (Å²) in [6.07, 6.45) is 4.18. The monoisotopic (exact) mass is 450 g/mol. The molecule has 174 valence electrons. The van der Waals surface area contributed by atoms with Gasteiger partial charge in [-0.1, -0.05) is 58.9 Å². The molecule has 0 spiro atoms. The molecule has 0 atom stereocenters. The Kier molecular flexibility index (Phi) is 6.86. The Hall–Kier alpha value is -3.68. The third kappa shape index (κ3) is 6.19. The van der Waals surface area contributed by atoms with Crippen molar-refractivity contribution < 1.29 is 14.5 Å². The van der Waals surface area contributed by atoms with Crippen molar-refractivity contribution in [2.24, 2.45) is 10.5 Å². The fraction of sp³-hybridized carbons (Fsp3) is 0.360. The zero-order chi connectivity index (χ0) is 24.2. The second-order valence-electron chi connectivity index (χ2n) is 9.93. The van der Waals surface area contributed by atoms with E-state index in [-0.39, 0.29) is 22.3 Å². The van der Waals surface area contributed by atoms with Crippen LogP contribution < -0.4 is 10.2 Å². The van der Waals surface area contributed by atoms with E-state index in [1.165, 1.54) is 12.3 Å². The lowest BCUT2D eigenvalue weighted by Crippen LogP contribution is -2.26. The summed E-state index contributed by atoms with van der Waals surface area (Å²) in [7, 11) is 0. The molecule has 8 heteroatoms. The van der Waals surface area contributed by atoms with E-state index in [2.05, 4.69) is 50.1 Å². The van der Waals surface area contributed by atoms with Gasteiger partial charge >= 0.3 is 5.69 Å². The molecule has 0 saturated carbocycles. The van der Waals surface area contributed by atoms with Crippen molar-refractivity contribution in [3.63, 3.8) is 0 Å². The number of para-hydroxylation sites is 1. The van der Waals surface area contributed by atoms with E-state index in [1.807, 2.05) is 30.3 Å². The second-order valence-corrected chi connectivity index (χ2v) is 9.93. The van der Waals surface area contributed by atoms with Gasteiger partial charge in [-0.15, -0.1) is 0 Å². The van der Waals surface area contributed by atoms with E-state index < -0.39 is 17.4 Å². The first kappa shape index (κ1) is 24.0. The molecule has 1 aromatic heterocycles. The number of hydrogen-bond donors (Lipinski definition) is 2. The number of carbonyl (C=O) groups excluding carboxylic acids is 1. The number of benzene rings is 2. The van der Waals surface area contributed by atoms with Gasteiger partial charge in [-0.3, -0.25) is 14.9 Å². The zero-order valence-corrected chi connectivity index (χ0v) is 19.6. The van der Waals surface area contributed by atoms with Gasteiger partial charge in [0.25, 0.3) is 5.91 Å². The van der Waals surface area contributed by atoms with Crippen molar-refractivity contribution in [2.75, 3.05) is 6.61 Å². The smallest absolute Gasteiger partial charge is 0.311 e. The summed E-state index contributed by atoms with van der Waals surface area (Å²) in [5.41, 5.74) is 4.69. The molecule has 1 amide bonds. The molecule has 3 rings (SSSR count). The van der Waals surface area contributed by atoms with Crippen LogP contribution in [0.25, 0.3) is 10.9 Å². The van der Waals surface area contributed by atoms with Gasteiger partial charge in [-0.25, -0.2) is 5.43 Å². The normalized spacial score (nSPS) is 12.3. The van der Waals surface area contributed by atoms with Gasteiger partial charge in [-0.2, -0.15) is 5.10 Å². The third-order valence-electron chi connectivity index (χ3n) is 5.28. The van der Waals surface area contributed by atoms with E-state index in [0.29, 0.717) is 0 Å². The van der Waals surface area contributed by atoms with Crippen molar-refractivity contribution in [1.29, 1.82) is 0 Å². The highest BCUT2D eigenvalue weighted by Crippen LogP contribution is 2.39. The van der Waals surface area contributed by atoms with E-state index in [9.17, 15) is 14.9 Å². The first-order chi connectivity index (χ1) is 15.5. The average Bonchev–Trinajstić information content (AvgIpc) is 3.13. The lowest BCUT2D eigenvalue weighted by molar-refractivity contribution is -0.385. The minimum atomic E-state index is -0.516. The van der Waals surface area contributed by atoms with Crippen molar-refractivity contribution in [3.05, 3.63) is 69.9 Å². The Morgan fingerprint density at radius 1 is 1.18 bits per heavy atom. The molecule has 1 heterocycles. The molecule has 2 aromatic carbocycles. The average molecular weight is 451 g/mol. The molecule has 33 heavy (non-hydrogen) atoms. The maximum absolute atomic E-state index is 12.1. The molecule has 0 saturated heterocycles. The number of ether oxygens (including phenoxy) is 1. The number of amides is 1. The largest absolute Gasteiger partial charge is 0.477 e. The molecule has 8 nitrogen and oxygen atoms in total. The summed E-state index contributed by atoms with van der Waals surface area (Å²) in [6.45, 7) is 10.2. The minimum Gasteiger partial charge on any atom is -0.477 e. The molecule has 0 aliphatic carbocycles. The second kappa shape index (κ2) is 9.44. The Bertz CT molecular complexity index is 1190. The number of aromatic nitrogens is 1. The number of hydrazone groups is 1. The van der Waals surface area contributed by atoms with E-state index in [1.54, 1.807) is 12.3 Å². The first-order valence-corrected chi connectivity index (χ1v) is 10.8. The van der Waals surface area contributed by atoms with Crippen molar-refractivity contribution in [1.82, 2.24) is 10.4 Å². The van der Waals surface area contributed by atoms with Crippen LogP contribution in [0, 0.1) is 15.5 Å². The fourth-order valence-corrected chi connectivity index (χ4v) is 4.18. The predicted molar refractivity (Wildman–Crippen MR) is 130 cm³/mol. The Morgan fingerprint density at radius 3 is 2.61 bits per heavy atom. The molecule has 0 aliphatic rings. The third-order valence-corrected chi connectivity index (χ3v) is 5.28. The highest BCUT2D eigenvalue weighted by molar-refractivity contribution is 5.99. The van der Waals surface area contributed by atoms with Gasteiger partial charge in [0, 0.05) is 28.7 Å². The SMILES string of the molecule is CC(C)(C)CC(C)(C)c1ccc(OCC(=O)N/N=C/c2c[nH]c3ccccc23)c([N+](=O)[O-])c1. The number of rotatable bonds is 8. The molecule has 0 aliphatic heterocycles. The Balaban J connectivity index is 1.65. The van der Waals surface area contributed by atoms with Gasteiger partial charge in [0.1, 0.15) is 0 Å². The fourth-order valence-electron chi connectivity index (χ4n) is 4.18. The first-order valence-electron chi connectivity index (χ1n) is 10.8. The van der Waals surface area contributed by atoms with Gasteiger partial charge in [0.05, 0.1) is 11.1 Å². The van der Waals surface area contributed by atoms with Crippen LogP contribution in [-0.4, -0.2) is 28.6 Å². The molecule has 0 unspecified atom stereocenters. The number of nitrogens with one attached hydrogen (secondary N) is 2. The number of hydrogen-bond acceptors (Lipinski definition) is 5. The molecule has 0 radical (unpaired) electrons. The predicted octanol–water partition coefficient (Wildman–Crippen LogP) is 5.32. The van der Waals surface area contributed by atoms with Crippen LogP contribution in [-0.2, 0) is 10.2 Å². The molecular formula is C25H30N4O4. The quantitative estimate of drug-likeness (QED) is 0.275. The van der Waals surface area contributed by atoms with E-state index >= 15 is 0 Å². The lowest BCUT2D eigenvalue weighted by atomic mass is 9.72. The molecule has 3 aromatic rings. The summed E-state index contributed by atoms with van der Waals surface area (Å²) >= 11 is 0. The summed E-state index contributed by atoms with van der Waals surface area (Å²) in [5, 5.41) is 16.6. The highest BCUT2D eigenvalue weighted by atomic mass is 16.6. The molecule has 2 N–H and O–H groups in total. The molecular weight excluding hydrogens is 420 g/mol. The Labute approximate surface area is 193 Å². The topological polar surface area (TPSA) is 110 Å². The van der Waals surface area contributed by atoms with Crippen LogP contribution in [0.2, 0.25) is 0 Å². The van der Waals surface area contributed by atoms with Crippen LogP contribution in [0.3, 0.4) is 0 Å². The van der Waals surface area contributed by atoms with E-state index in [0.717, 1.165) is 28.5 Å². The van der Waals surface area contributed by atoms with Crippen molar-refractivity contribution in [2.45, 2.75) is 46.5 Å². The molecule has 0 bridgehead atoms. The molecule has 0 fully saturated rings. The standard InChI is InChI=1S/C25H30N4O4/c1-24(2,3)16-25(4,5)18-10-11-22(21(12-18)29(31)32)33-15-23(30)28-27-14-17-13-26-20-9-7-6-8-19(17)20/h6-14,26H,15-16H2,1-5H3,(H,28,30)/b27-14+. The van der Waals surface area contributed by atoms with Crippen LogP contribution in [0.5, 0.6) is 5.75 Å². The van der Waals surface area contributed by atoms with Crippen LogP contribution in [0.15, 0.2) is 53.8 Å². The summed E-state index contributed by atoms with van der Waals surface area (Å²) in [5.74, 6) is -0.469. The summed E-state index contributed by atoms with van der Waals surface area (Å²) in [4.78, 5) is 26.4. The van der Waals surface area contributed by atoms with Gasteiger partial charge < -0.3 is 9.72 Å². The number of nitro benzene ring substituents is 1. The number of H-pyrrole nitrogens is 1. The summed E-state index contributed by atoms with van der Waals surface area (Å²) < 4.78 is 5.45. The highest BCUT2D eigenvalue weighted by Gasteiger charge is 2.29. The van der Waals surface area contributed by atoms with Crippen LogP contribution in [0.1, 0.15) is 52.2 Å². The van der Waals surface area contributed by atoms with Crippen LogP contribution in [0.4, 0.5) is 5.69 Å². The minimum absolute atomic E-state index is 0.0473. The number of nitrogens with zero attached hydrogens (tertiary/aromatic N) is 2. The Morgan fingerprint density at radius 2 is 1.91 bits per heavy atom. The van der Waals surface area contributed by atoms with Crippen molar-refractivity contribution in [3.8, 4) is 5.75 Å². The maximum atomic E-state index is 12.1. The van der Waals surface area contributed by atoms with Gasteiger partial charge in [-0.05, 0) is 34.9 Å². The van der Waals surface area contributed by atoms with E-state index in [4.69, 9.17) is 4.74 Å². The summed E-state index contributed by atoms with van der Waals surface area (Å²) in [6, 6.07) is 12.7. The lowest BCUT2D eigenvalue weighted by Gasteiger charge is -2.33. The number of nitro groups is 1. The number of fused-ring (bicyclic) bond motifs is 1. The number of carbonyl (C=O) groups is 1. The van der Waals surface area contributed by atoms with Gasteiger partial charge in [0.2, 0.25) is 0 Å². The number of aromatic amines is 1. The van der Waals surface area contributed by atoms with Crippen LogP contribution >= 0.6 is 0 Å². The van der Waals surface area contributed by atoms with Crippen molar-refractivity contribution >= 4 is 28.7 Å². The maximum Gasteiger partial charge on any atom is 0.311 e. The van der Waals surface area contributed by atoms with Gasteiger partial charge in [0.15, 0.2) is 12.4 Å².